The summed E-state index contributed by atoms with van der Waals surface area (Å²) in [4.78, 5) is 14.8. The van der Waals surface area contributed by atoms with Gasteiger partial charge in [-0.3, -0.25) is 4.79 Å². The van der Waals surface area contributed by atoms with Gasteiger partial charge in [0, 0.05) is 19.0 Å². The number of hydrogen-bond acceptors (Lipinski definition) is 2. The molecule has 0 saturated carbocycles. The van der Waals surface area contributed by atoms with Crippen LogP contribution in [0.2, 0.25) is 0 Å². The first-order valence-electron chi connectivity index (χ1n) is 8.60. The molecule has 0 saturated heterocycles. The topological polar surface area (TPSA) is 29.5 Å². The zero-order chi connectivity index (χ0) is 17.4. The molecule has 1 unspecified atom stereocenters. The van der Waals surface area contributed by atoms with E-state index >= 15 is 0 Å². The van der Waals surface area contributed by atoms with Gasteiger partial charge in [0.05, 0.1) is 7.11 Å². The zero-order valence-corrected chi connectivity index (χ0v) is 14.9. The molecule has 24 heavy (non-hydrogen) atoms. The summed E-state index contributed by atoms with van der Waals surface area (Å²) in [6.07, 6.45) is 2.21. The van der Waals surface area contributed by atoms with Gasteiger partial charge in [-0.15, -0.1) is 0 Å². The van der Waals surface area contributed by atoms with Crippen LogP contribution in [0.1, 0.15) is 37.8 Å². The highest BCUT2D eigenvalue weighted by atomic mass is 16.5. The van der Waals surface area contributed by atoms with E-state index in [0.29, 0.717) is 13.0 Å². The van der Waals surface area contributed by atoms with Crippen molar-refractivity contribution in [2.75, 3.05) is 7.11 Å². The molecule has 0 spiro atoms. The summed E-state index contributed by atoms with van der Waals surface area (Å²) in [6.45, 7) is 4.91. The fourth-order valence-electron chi connectivity index (χ4n) is 2.71. The van der Waals surface area contributed by atoms with Crippen LogP contribution in [0.25, 0.3) is 0 Å². The van der Waals surface area contributed by atoms with E-state index in [1.54, 1.807) is 7.11 Å². The molecule has 1 atom stereocenters. The third-order valence-electron chi connectivity index (χ3n) is 4.40. The Hall–Kier alpha value is -2.29. The van der Waals surface area contributed by atoms with Crippen molar-refractivity contribution in [3.05, 3.63) is 65.7 Å². The number of rotatable bonds is 8. The minimum Gasteiger partial charge on any atom is -0.497 e. The smallest absolute Gasteiger partial charge is 0.223 e. The maximum Gasteiger partial charge on any atom is 0.223 e. The Bertz CT molecular complexity index is 639. The van der Waals surface area contributed by atoms with Crippen LogP contribution in [0.5, 0.6) is 5.75 Å². The van der Waals surface area contributed by atoms with E-state index < -0.39 is 0 Å². The second-order valence-electron chi connectivity index (χ2n) is 6.12. The highest BCUT2D eigenvalue weighted by Crippen LogP contribution is 2.17. The van der Waals surface area contributed by atoms with Gasteiger partial charge in [-0.25, -0.2) is 0 Å². The molecule has 1 amide bonds. The van der Waals surface area contributed by atoms with E-state index in [1.165, 1.54) is 5.56 Å². The molecule has 128 valence electrons. The number of nitrogens with zero attached hydrogens (tertiary/aromatic N) is 1. The molecule has 0 bridgehead atoms. The first-order valence-corrected chi connectivity index (χ1v) is 8.60. The highest BCUT2D eigenvalue weighted by molar-refractivity contribution is 5.76. The number of benzene rings is 2. The molecular formula is C21H27NO2. The summed E-state index contributed by atoms with van der Waals surface area (Å²) in [5.74, 6) is 1.04. The monoisotopic (exact) mass is 325 g/mol. The first kappa shape index (κ1) is 18.1. The van der Waals surface area contributed by atoms with Gasteiger partial charge in [-0.05, 0) is 43.0 Å². The fourth-order valence-corrected chi connectivity index (χ4v) is 2.71. The van der Waals surface area contributed by atoms with Crippen molar-refractivity contribution < 1.29 is 9.53 Å². The van der Waals surface area contributed by atoms with Gasteiger partial charge in [-0.1, -0.05) is 49.4 Å². The fraction of sp³-hybridized carbons (Fsp3) is 0.381. The van der Waals surface area contributed by atoms with Gasteiger partial charge in [-0.2, -0.15) is 0 Å². The van der Waals surface area contributed by atoms with E-state index in [2.05, 4.69) is 26.0 Å². The molecule has 0 heterocycles. The van der Waals surface area contributed by atoms with Gasteiger partial charge in [0.1, 0.15) is 5.75 Å². The summed E-state index contributed by atoms with van der Waals surface area (Å²) in [5, 5.41) is 0. The van der Waals surface area contributed by atoms with E-state index in [4.69, 9.17) is 4.74 Å². The van der Waals surface area contributed by atoms with Crippen LogP contribution in [0.3, 0.4) is 0 Å². The number of hydrogen-bond donors (Lipinski definition) is 0. The number of aryl methyl sites for hydroxylation is 1. The number of carbonyl (C=O) groups is 1. The molecule has 2 rings (SSSR count). The average Bonchev–Trinajstić information content (AvgIpc) is 2.64. The Labute approximate surface area is 145 Å². The Morgan fingerprint density at radius 2 is 1.79 bits per heavy atom. The summed E-state index contributed by atoms with van der Waals surface area (Å²) in [6, 6.07) is 18.4. The molecule has 2 aromatic rings. The quantitative estimate of drug-likeness (QED) is 0.717. The molecule has 0 N–H and O–H groups in total. The van der Waals surface area contributed by atoms with Crippen LogP contribution >= 0.6 is 0 Å². The second-order valence-corrected chi connectivity index (χ2v) is 6.12. The Morgan fingerprint density at radius 1 is 1.08 bits per heavy atom. The molecule has 0 aliphatic carbocycles. The van der Waals surface area contributed by atoms with Crippen LogP contribution in [-0.4, -0.2) is 24.0 Å². The molecule has 0 fully saturated rings. The largest absolute Gasteiger partial charge is 0.497 e. The lowest BCUT2D eigenvalue weighted by Gasteiger charge is -2.29. The van der Waals surface area contributed by atoms with E-state index in [0.717, 1.165) is 24.2 Å². The van der Waals surface area contributed by atoms with Crippen molar-refractivity contribution in [2.45, 2.75) is 45.7 Å². The van der Waals surface area contributed by atoms with Crippen molar-refractivity contribution >= 4 is 5.91 Å². The summed E-state index contributed by atoms with van der Waals surface area (Å²) >= 11 is 0. The Balaban J connectivity index is 2.01. The van der Waals surface area contributed by atoms with E-state index in [9.17, 15) is 4.79 Å². The van der Waals surface area contributed by atoms with Crippen molar-refractivity contribution in [1.29, 1.82) is 0 Å². The summed E-state index contributed by atoms with van der Waals surface area (Å²) < 4.78 is 5.25. The molecule has 3 heteroatoms. The van der Waals surface area contributed by atoms with Crippen LogP contribution in [0.15, 0.2) is 54.6 Å². The molecule has 2 aromatic carbocycles. The van der Waals surface area contributed by atoms with E-state index in [1.807, 2.05) is 47.4 Å². The summed E-state index contributed by atoms with van der Waals surface area (Å²) in [7, 11) is 1.66. The Kier molecular flexibility index (Phi) is 6.86. The predicted octanol–water partition coefficient (Wildman–Crippen LogP) is 4.46. The highest BCUT2D eigenvalue weighted by Gasteiger charge is 2.19. The molecule has 0 aliphatic rings. The van der Waals surface area contributed by atoms with Gasteiger partial charge in [0.25, 0.3) is 0 Å². The standard InChI is InChI=1S/C21H27NO2/c1-4-17(2)22(16-19-9-6-5-7-10-19)21(23)14-13-18-11-8-12-20(15-18)24-3/h5-12,15,17H,4,13-14,16H2,1-3H3. The lowest BCUT2D eigenvalue weighted by atomic mass is 10.1. The van der Waals surface area contributed by atoms with Crippen molar-refractivity contribution in [3.8, 4) is 5.75 Å². The van der Waals surface area contributed by atoms with Gasteiger partial charge >= 0.3 is 0 Å². The molecule has 0 radical (unpaired) electrons. The molecular weight excluding hydrogens is 298 g/mol. The predicted molar refractivity (Wildman–Crippen MR) is 98.1 cm³/mol. The van der Waals surface area contributed by atoms with Crippen LogP contribution in [0, 0.1) is 0 Å². The number of carbonyl (C=O) groups excluding carboxylic acids is 1. The maximum absolute atomic E-state index is 12.8. The zero-order valence-electron chi connectivity index (χ0n) is 14.9. The van der Waals surface area contributed by atoms with Crippen LogP contribution in [0.4, 0.5) is 0 Å². The number of amides is 1. The lowest BCUT2D eigenvalue weighted by Crippen LogP contribution is -2.37. The SMILES string of the molecule is CCC(C)N(Cc1ccccc1)C(=O)CCc1cccc(OC)c1. The molecule has 0 aromatic heterocycles. The molecule has 0 aliphatic heterocycles. The van der Waals surface area contributed by atoms with Gasteiger partial charge < -0.3 is 9.64 Å². The third-order valence-corrected chi connectivity index (χ3v) is 4.40. The van der Waals surface area contributed by atoms with Crippen molar-refractivity contribution in [3.63, 3.8) is 0 Å². The van der Waals surface area contributed by atoms with E-state index in [-0.39, 0.29) is 11.9 Å². The van der Waals surface area contributed by atoms with Gasteiger partial charge in [0.15, 0.2) is 0 Å². The maximum atomic E-state index is 12.8. The Morgan fingerprint density at radius 3 is 2.46 bits per heavy atom. The second kappa shape index (κ2) is 9.11. The minimum atomic E-state index is 0.205. The molecule has 3 nitrogen and oxygen atoms in total. The van der Waals surface area contributed by atoms with Crippen LogP contribution in [-0.2, 0) is 17.8 Å². The number of ether oxygens (including phenoxy) is 1. The average molecular weight is 325 g/mol. The normalized spacial score (nSPS) is 11.8. The van der Waals surface area contributed by atoms with Gasteiger partial charge in [0.2, 0.25) is 5.91 Å². The van der Waals surface area contributed by atoms with Crippen molar-refractivity contribution in [1.82, 2.24) is 4.90 Å². The number of methoxy groups -OCH3 is 1. The van der Waals surface area contributed by atoms with Crippen LogP contribution < -0.4 is 4.74 Å². The van der Waals surface area contributed by atoms with Crippen molar-refractivity contribution in [2.24, 2.45) is 0 Å². The summed E-state index contributed by atoms with van der Waals surface area (Å²) in [5.41, 5.74) is 2.30. The lowest BCUT2D eigenvalue weighted by molar-refractivity contribution is -0.134. The third kappa shape index (κ3) is 5.12. The first-order chi connectivity index (χ1) is 11.6. The minimum absolute atomic E-state index is 0.205.